The summed E-state index contributed by atoms with van der Waals surface area (Å²) in [7, 11) is 1.58. The Morgan fingerprint density at radius 3 is 2.43 bits per heavy atom. The van der Waals surface area contributed by atoms with E-state index in [2.05, 4.69) is 5.48 Å². The number of benzene rings is 1. The molecule has 0 saturated heterocycles. The van der Waals surface area contributed by atoms with E-state index in [4.69, 9.17) is 9.57 Å². The summed E-state index contributed by atoms with van der Waals surface area (Å²) in [6.07, 6.45) is 2.79. The number of carboxylic acids is 1. The van der Waals surface area contributed by atoms with Crippen molar-refractivity contribution in [1.82, 2.24) is 5.48 Å². The molecule has 0 radical (unpaired) electrons. The Morgan fingerprint density at radius 1 is 1.17 bits per heavy atom. The van der Waals surface area contributed by atoms with Gasteiger partial charge in [0, 0.05) is 5.56 Å². The summed E-state index contributed by atoms with van der Waals surface area (Å²) >= 11 is 0. The normalized spacial score (nSPS) is 28.6. The number of para-hydroxylation sites is 1. The first-order valence-corrected chi connectivity index (χ1v) is 7.79. The number of fused-ring (bicyclic) bond motifs is 2. The highest BCUT2D eigenvalue weighted by Crippen LogP contribution is 2.61. The predicted octanol–water partition coefficient (Wildman–Crippen LogP) is 2.28. The number of methoxy groups -OCH3 is 1. The highest BCUT2D eigenvalue weighted by atomic mass is 16.7. The Hall–Kier alpha value is -2.08. The largest absolute Gasteiger partial charge is 0.496 e. The zero-order valence-electron chi connectivity index (χ0n) is 13.1. The van der Waals surface area contributed by atoms with Gasteiger partial charge in [-0.1, -0.05) is 18.2 Å². The van der Waals surface area contributed by atoms with E-state index in [1.807, 2.05) is 24.3 Å². The van der Waals surface area contributed by atoms with E-state index in [9.17, 15) is 14.7 Å². The molecule has 2 aliphatic carbocycles. The molecule has 2 fully saturated rings. The number of hydroxylamine groups is 1. The summed E-state index contributed by atoms with van der Waals surface area (Å²) in [6, 6.07) is 7.43. The average molecular weight is 319 g/mol. The van der Waals surface area contributed by atoms with Gasteiger partial charge < -0.3 is 9.84 Å². The lowest BCUT2D eigenvalue weighted by Crippen LogP contribution is -2.38. The Morgan fingerprint density at radius 2 is 1.83 bits per heavy atom. The molecule has 0 unspecified atom stereocenters. The molecule has 0 heterocycles. The molecule has 1 aromatic carbocycles. The van der Waals surface area contributed by atoms with Gasteiger partial charge in [-0.15, -0.1) is 0 Å². The maximum Gasteiger partial charge on any atom is 0.309 e. The van der Waals surface area contributed by atoms with Crippen molar-refractivity contribution in [2.24, 2.45) is 10.8 Å². The van der Waals surface area contributed by atoms with Crippen LogP contribution >= 0.6 is 0 Å². The number of nitrogens with one attached hydrogen (secondary N) is 1. The van der Waals surface area contributed by atoms with E-state index < -0.39 is 16.8 Å². The molecule has 0 aromatic heterocycles. The van der Waals surface area contributed by atoms with Crippen LogP contribution in [0.5, 0.6) is 5.75 Å². The van der Waals surface area contributed by atoms with Gasteiger partial charge >= 0.3 is 5.97 Å². The molecular weight excluding hydrogens is 298 g/mol. The summed E-state index contributed by atoms with van der Waals surface area (Å²) in [6.45, 7) is 0.204. The number of ether oxygens (including phenoxy) is 1. The fourth-order valence-electron chi connectivity index (χ4n) is 3.92. The Labute approximate surface area is 134 Å². The smallest absolute Gasteiger partial charge is 0.309 e. The van der Waals surface area contributed by atoms with Gasteiger partial charge in [0.25, 0.3) is 0 Å². The monoisotopic (exact) mass is 319 g/mol. The molecule has 2 bridgehead atoms. The number of carbonyl (C=O) groups excluding carboxylic acids is 1. The molecule has 2 saturated carbocycles. The molecular formula is C17H21NO5. The average Bonchev–Trinajstić information content (AvgIpc) is 3.14. The number of carbonyl (C=O) groups is 2. The number of amides is 1. The van der Waals surface area contributed by atoms with Crippen LogP contribution in [-0.4, -0.2) is 24.1 Å². The molecule has 0 atom stereocenters. The third-order valence-corrected chi connectivity index (χ3v) is 5.36. The lowest BCUT2D eigenvalue weighted by atomic mass is 9.82. The summed E-state index contributed by atoms with van der Waals surface area (Å²) in [5, 5.41) is 9.39. The van der Waals surface area contributed by atoms with Gasteiger partial charge in [-0.25, -0.2) is 5.48 Å². The molecule has 6 heteroatoms. The van der Waals surface area contributed by atoms with Crippen LogP contribution in [0.25, 0.3) is 0 Å². The topological polar surface area (TPSA) is 84.9 Å². The van der Waals surface area contributed by atoms with E-state index in [-0.39, 0.29) is 12.5 Å². The van der Waals surface area contributed by atoms with Crippen LogP contribution in [0.3, 0.4) is 0 Å². The Bertz CT molecular complexity index is 619. The van der Waals surface area contributed by atoms with Crippen molar-refractivity contribution in [1.29, 1.82) is 0 Å². The van der Waals surface area contributed by atoms with Crippen molar-refractivity contribution in [3.05, 3.63) is 29.8 Å². The first-order valence-electron chi connectivity index (χ1n) is 7.79. The van der Waals surface area contributed by atoms with Crippen molar-refractivity contribution in [3.63, 3.8) is 0 Å². The minimum Gasteiger partial charge on any atom is -0.496 e. The SMILES string of the molecule is COc1ccccc1CONC(=O)C12CCC(C(=O)O)(CC1)C2. The van der Waals surface area contributed by atoms with Crippen molar-refractivity contribution >= 4 is 11.9 Å². The number of aliphatic carboxylic acids is 1. The van der Waals surface area contributed by atoms with Crippen molar-refractivity contribution in [2.45, 2.75) is 38.7 Å². The molecule has 2 aliphatic rings. The fraction of sp³-hybridized carbons (Fsp3) is 0.529. The van der Waals surface area contributed by atoms with Crippen molar-refractivity contribution in [3.8, 4) is 5.75 Å². The van der Waals surface area contributed by atoms with E-state index in [0.717, 1.165) is 5.56 Å². The number of hydrogen-bond donors (Lipinski definition) is 2. The fourth-order valence-corrected chi connectivity index (χ4v) is 3.92. The van der Waals surface area contributed by atoms with Gasteiger partial charge in [-0.3, -0.25) is 14.4 Å². The van der Waals surface area contributed by atoms with E-state index in [1.54, 1.807) is 7.11 Å². The molecule has 124 valence electrons. The van der Waals surface area contributed by atoms with Crippen LogP contribution < -0.4 is 10.2 Å². The molecule has 0 spiro atoms. The second kappa shape index (κ2) is 5.85. The maximum atomic E-state index is 12.5. The number of carboxylic acid groups (broad SMARTS) is 1. The van der Waals surface area contributed by atoms with Crippen LogP contribution in [-0.2, 0) is 21.0 Å². The second-order valence-corrected chi connectivity index (χ2v) is 6.57. The van der Waals surface area contributed by atoms with E-state index >= 15 is 0 Å². The summed E-state index contributed by atoms with van der Waals surface area (Å²) in [5.74, 6) is -0.279. The Balaban J connectivity index is 1.58. The number of hydrogen-bond acceptors (Lipinski definition) is 4. The van der Waals surface area contributed by atoms with Gasteiger partial charge in [0.2, 0.25) is 5.91 Å². The molecule has 2 N–H and O–H groups in total. The summed E-state index contributed by atoms with van der Waals surface area (Å²) in [4.78, 5) is 29.3. The zero-order chi connectivity index (χ0) is 16.5. The molecule has 1 aromatic rings. The first-order chi connectivity index (χ1) is 11.0. The second-order valence-electron chi connectivity index (χ2n) is 6.57. The minimum absolute atomic E-state index is 0.201. The van der Waals surface area contributed by atoms with Crippen LogP contribution in [0.1, 0.15) is 37.7 Å². The maximum absolute atomic E-state index is 12.5. The van der Waals surface area contributed by atoms with Crippen LogP contribution in [0, 0.1) is 10.8 Å². The zero-order valence-corrected chi connectivity index (χ0v) is 13.1. The van der Waals surface area contributed by atoms with Crippen molar-refractivity contribution < 1.29 is 24.3 Å². The first kappa shape index (κ1) is 15.8. The lowest BCUT2D eigenvalue weighted by Gasteiger charge is -2.25. The standard InChI is InChI=1S/C17H21NO5/c1-22-13-5-3-2-4-12(13)10-23-18-14(19)16-6-8-17(11-16,9-7-16)15(20)21/h2-5H,6-11H2,1H3,(H,18,19)(H,20,21). The summed E-state index contributed by atoms with van der Waals surface area (Å²) < 4.78 is 5.23. The highest BCUT2D eigenvalue weighted by molar-refractivity contribution is 5.86. The van der Waals surface area contributed by atoms with E-state index in [0.29, 0.717) is 37.9 Å². The van der Waals surface area contributed by atoms with Gasteiger partial charge in [-0.2, -0.15) is 0 Å². The third kappa shape index (κ3) is 2.67. The van der Waals surface area contributed by atoms with Crippen LogP contribution in [0.4, 0.5) is 0 Å². The third-order valence-electron chi connectivity index (χ3n) is 5.36. The van der Waals surface area contributed by atoms with Crippen LogP contribution in [0.15, 0.2) is 24.3 Å². The summed E-state index contributed by atoms with van der Waals surface area (Å²) in [5.41, 5.74) is 2.06. The Kier molecular flexibility index (Phi) is 4.02. The quantitative estimate of drug-likeness (QED) is 0.786. The lowest BCUT2D eigenvalue weighted by molar-refractivity contribution is -0.148. The predicted molar refractivity (Wildman–Crippen MR) is 81.5 cm³/mol. The molecule has 6 nitrogen and oxygen atoms in total. The van der Waals surface area contributed by atoms with Crippen LogP contribution in [0.2, 0.25) is 0 Å². The molecule has 23 heavy (non-hydrogen) atoms. The van der Waals surface area contributed by atoms with Crippen molar-refractivity contribution in [2.75, 3.05) is 7.11 Å². The van der Waals surface area contributed by atoms with Gasteiger partial charge in [0.05, 0.1) is 17.9 Å². The number of rotatable bonds is 6. The van der Waals surface area contributed by atoms with E-state index in [1.165, 1.54) is 0 Å². The minimum atomic E-state index is -0.778. The molecule has 0 aliphatic heterocycles. The van der Waals surface area contributed by atoms with Gasteiger partial charge in [-0.05, 0) is 38.2 Å². The van der Waals surface area contributed by atoms with Gasteiger partial charge in [0.1, 0.15) is 12.4 Å². The molecule has 1 amide bonds. The highest BCUT2D eigenvalue weighted by Gasteiger charge is 2.61. The molecule has 3 rings (SSSR count). The van der Waals surface area contributed by atoms with Gasteiger partial charge in [0.15, 0.2) is 0 Å².